The minimum Gasteiger partial charge on any atom is -0.272 e. The Morgan fingerprint density at radius 3 is 2.42 bits per heavy atom. The van der Waals surface area contributed by atoms with Gasteiger partial charge in [0.15, 0.2) is 4.75 Å². The van der Waals surface area contributed by atoms with Crippen molar-refractivity contribution in [1.82, 2.24) is 4.31 Å². The minimum absolute atomic E-state index is 0.00790. The van der Waals surface area contributed by atoms with Gasteiger partial charge in [0.25, 0.3) is 15.9 Å². The zero-order valence-corrected chi connectivity index (χ0v) is 12.5. The molecule has 0 bridgehead atoms. The fourth-order valence-electron chi connectivity index (χ4n) is 1.77. The summed E-state index contributed by atoms with van der Waals surface area (Å²) >= 11 is 2.88. The standard InChI is InChI=1S/C11H10BrF2NO3S/c1-11(2)10(16)15(19(11,17)18)5-6-8(13)4-3-7(12)9(6)14/h3-4H,5H2,1-2H3. The lowest BCUT2D eigenvalue weighted by atomic mass is 10.1. The monoisotopic (exact) mass is 353 g/mol. The van der Waals surface area contributed by atoms with Crippen molar-refractivity contribution in [3.63, 3.8) is 0 Å². The number of amides is 1. The molecule has 0 saturated carbocycles. The van der Waals surface area contributed by atoms with Crippen molar-refractivity contribution in [2.45, 2.75) is 25.1 Å². The van der Waals surface area contributed by atoms with Crippen LogP contribution >= 0.6 is 15.9 Å². The van der Waals surface area contributed by atoms with Crippen LogP contribution in [0.1, 0.15) is 19.4 Å². The van der Waals surface area contributed by atoms with Crippen molar-refractivity contribution in [1.29, 1.82) is 0 Å². The molecule has 0 aliphatic carbocycles. The number of nitrogens with zero attached hydrogens (tertiary/aromatic N) is 1. The lowest BCUT2D eigenvalue weighted by Crippen LogP contribution is -2.66. The second-order valence-electron chi connectivity index (χ2n) is 4.65. The summed E-state index contributed by atoms with van der Waals surface area (Å²) in [5, 5.41) is 0. The van der Waals surface area contributed by atoms with Crippen LogP contribution in [0.25, 0.3) is 0 Å². The summed E-state index contributed by atoms with van der Waals surface area (Å²) < 4.78 is 49.9. The van der Waals surface area contributed by atoms with Gasteiger partial charge in [-0.2, -0.15) is 0 Å². The molecule has 1 aliphatic heterocycles. The predicted octanol–water partition coefficient (Wildman–Crippen LogP) is 2.18. The fourth-order valence-corrected chi connectivity index (χ4v) is 3.64. The zero-order chi connectivity index (χ0) is 14.6. The molecular weight excluding hydrogens is 344 g/mol. The molecule has 1 amide bonds. The summed E-state index contributed by atoms with van der Waals surface area (Å²) in [4.78, 5) is 11.7. The molecule has 0 unspecified atom stereocenters. The lowest BCUT2D eigenvalue weighted by molar-refractivity contribution is -0.132. The fraction of sp³-hybridized carbons (Fsp3) is 0.364. The third kappa shape index (κ3) is 1.88. The SMILES string of the molecule is CC1(C)C(=O)N(Cc2c(F)ccc(Br)c2F)S1(=O)=O. The number of sulfonamides is 1. The number of carbonyl (C=O) groups is 1. The van der Waals surface area contributed by atoms with Crippen molar-refractivity contribution in [3.05, 3.63) is 33.8 Å². The molecule has 4 nitrogen and oxygen atoms in total. The average Bonchev–Trinajstić information content (AvgIpc) is 2.33. The largest absolute Gasteiger partial charge is 0.272 e. The summed E-state index contributed by atoms with van der Waals surface area (Å²) in [6.45, 7) is 1.88. The Kier molecular flexibility index (Phi) is 3.21. The van der Waals surface area contributed by atoms with E-state index in [-0.39, 0.29) is 4.47 Å². The number of benzene rings is 1. The van der Waals surface area contributed by atoms with Crippen molar-refractivity contribution < 1.29 is 22.0 Å². The molecule has 104 valence electrons. The third-order valence-corrected chi connectivity index (χ3v) is 6.07. The molecular formula is C11H10BrF2NO3S. The highest BCUT2D eigenvalue weighted by molar-refractivity contribution is 9.10. The summed E-state index contributed by atoms with van der Waals surface area (Å²) in [7, 11) is -3.86. The highest BCUT2D eigenvalue weighted by Crippen LogP contribution is 2.37. The Bertz CT molecular complexity index is 673. The topological polar surface area (TPSA) is 54.5 Å². The molecule has 1 saturated heterocycles. The summed E-state index contributed by atoms with van der Waals surface area (Å²) in [6.07, 6.45) is 0. The molecule has 0 N–H and O–H groups in total. The normalized spacial score (nSPS) is 20.3. The predicted molar refractivity (Wildman–Crippen MR) is 67.6 cm³/mol. The molecule has 2 rings (SSSR count). The second-order valence-corrected chi connectivity index (χ2v) is 7.91. The smallest absolute Gasteiger partial charge is 0.259 e. The molecule has 1 fully saturated rings. The molecule has 19 heavy (non-hydrogen) atoms. The third-order valence-electron chi connectivity index (χ3n) is 3.12. The van der Waals surface area contributed by atoms with Gasteiger partial charge in [0.05, 0.1) is 11.0 Å². The molecule has 1 aromatic rings. The number of hydrogen-bond donors (Lipinski definition) is 0. The van der Waals surface area contributed by atoms with E-state index in [0.29, 0.717) is 4.31 Å². The van der Waals surface area contributed by atoms with Crippen LogP contribution in [-0.4, -0.2) is 23.4 Å². The van der Waals surface area contributed by atoms with Crippen LogP contribution < -0.4 is 0 Å². The van der Waals surface area contributed by atoms with Crippen LogP contribution in [0.3, 0.4) is 0 Å². The maximum absolute atomic E-state index is 13.7. The Hall–Kier alpha value is -1.02. The quantitative estimate of drug-likeness (QED) is 0.765. The molecule has 0 spiro atoms. The van der Waals surface area contributed by atoms with E-state index in [2.05, 4.69) is 15.9 Å². The van der Waals surface area contributed by atoms with E-state index in [1.165, 1.54) is 19.9 Å². The summed E-state index contributed by atoms with van der Waals surface area (Å²) in [5.74, 6) is -2.48. The zero-order valence-electron chi connectivity index (χ0n) is 10.1. The van der Waals surface area contributed by atoms with Crippen molar-refractivity contribution in [2.24, 2.45) is 0 Å². The highest BCUT2D eigenvalue weighted by Gasteiger charge is 2.60. The first-order valence-corrected chi connectivity index (χ1v) is 7.53. The number of halogens is 3. The van der Waals surface area contributed by atoms with Gasteiger partial charge in [-0.05, 0) is 41.9 Å². The van der Waals surface area contributed by atoms with Gasteiger partial charge in [0.2, 0.25) is 0 Å². The van der Waals surface area contributed by atoms with Gasteiger partial charge in [-0.25, -0.2) is 21.5 Å². The first-order valence-electron chi connectivity index (χ1n) is 5.30. The van der Waals surface area contributed by atoms with Crippen LogP contribution in [-0.2, 0) is 21.4 Å². The van der Waals surface area contributed by atoms with Gasteiger partial charge >= 0.3 is 0 Å². The van der Waals surface area contributed by atoms with Crippen molar-refractivity contribution in [2.75, 3.05) is 0 Å². The minimum atomic E-state index is -3.86. The number of carbonyl (C=O) groups excluding carboxylic acids is 1. The molecule has 1 aliphatic rings. The Balaban J connectivity index is 2.40. The average molecular weight is 354 g/mol. The number of hydrogen-bond acceptors (Lipinski definition) is 3. The van der Waals surface area contributed by atoms with Gasteiger partial charge in [0, 0.05) is 5.56 Å². The van der Waals surface area contributed by atoms with Gasteiger partial charge < -0.3 is 0 Å². The lowest BCUT2D eigenvalue weighted by Gasteiger charge is -2.43. The Morgan fingerprint density at radius 1 is 1.32 bits per heavy atom. The van der Waals surface area contributed by atoms with E-state index in [1.54, 1.807) is 0 Å². The van der Waals surface area contributed by atoms with Crippen LogP contribution in [0.2, 0.25) is 0 Å². The van der Waals surface area contributed by atoms with E-state index < -0.39 is 44.4 Å². The van der Waals surface area contributed by atoms with Crippen LogP contribution in [0, 0.1) is 11.6 Å². The maximum Gasteiger partial charge on any atom is 0.259 e. The first kappa shape index (κ1) is 14.4. The van der Waals surface area contributed by atoms with E-state index in [0.717, 1.165) is 6.07 Å². The molecule has 0 aromatic heterocycles. The first-order chi connectivity index (χ1) is 8.60. The van der Waals surface area contributed by atoms with Crippen LogP contribution in [0.4, 0.5) is 8.78 Å². The van der Waals surface area contributed by atoms with Crippen molar-refractivity contribution in [3.8, 4) is 0 Å². The van der Waals surface area contributed by atoms with Gasteiger partial charge in [0.1, 0.15) is 11.6 Å². The molecule has 1 heterocycles. The maximum atomic E-state index is 13.7. The Labute approximate surface area is 117 Å². The van der Waals surface area contributed by atoms with Gasteiger partial charge in [-0.15, -0.1) is 0 Å². The second kappa shape index (κ2) is 4.24. The molecule has 0 atom stereocenters. The van der Waals surface area contributed by atoms with E-state index >= 15 is 0 Å². The van der Waals surface area contributed by atoms with Gasteiger partial charge in [-0.1, -0.05) is 0 Å². The summed E-state index contributed by atoms with van der Waals surface area (Å²) in [5.41, 5.74) is -0.457. The van der Waals surface area contributed by atoms with E-state index in [9.17, 15) is 22.0 Å². The van der Waals surface area contributed by atoms with Crippen molar-refractivity contribution >= 4 is 31.9 Å². The van der Waals surface area contributed by atoms with Crippen LogP contribution in [0.15, 0.2) is 16.6 Å². The van der Waals surface area contributed by atoms with E-state index in [1.807, 2.05) is 0 Å². The number of rotatable bonds is 2. The highest BCUT2D eigenvalue weighted by atomic mass is 79.9. The van der Waals surface area contributed by atoms with Crippen LogP contribution in [0.5, 0.6) is 0 Å². The Morgan fingerprint density at radius 2 is 1.89 bits per heavy atom. The van der Waals surface area contributed by atoms with E-state index in [4.69, 9.17) is 0 Å². The molecule has 0 radical (unpaired) electrons. The molecule has 8 heteroatoms. The molecule has 1 aromatic carbocycles. The summed E-state index contributed by atoms with van der Waals surface area (Å²) in [6, 6.07) is 2.18. The van der Waals surface area contributed by atoms with Gasteiger partial charge in [-0.3, -0.25) is 4.79 Å².